The molecule has 2 rings (SSSR count). The Labute approximate surface area is 147 Å². The summed E-state index contributed by atoms with van der Waals surface area (Å²) < 4.78 is 0. The Morgan fingerprint density at radius 2 is 0.870 bits per heavy atom. The minimum atomic E-state index is -1.09. The molecule has 0 unspecified atom stereocenters. The third kappa shape index (κ3) is 7.85. The van der Waals surface area contributed by atoms with Gasteiger partial charge >= 0.3 is 0 Å². The zero-order chi connectivity index (χ0) is 17.1. The minimum absolute atomic E-state index is 0.828. The molecule has 0 aromatic heterocycles. The van der Waals surface area contributed by atoms with Crippen LogP contribution in [0.4, 0.5) is 0 Å². The van der Waals surface area contributed by atoms with Crippen LogP contribution in [0.1, 0.15) is 57.8 Å². The summed E-state index contributed by atoms with van der Waals surface area (Å²) in [5.41, 5.74) is 0. The van der Waals surface area contributed by atoms with Crippen molar-refractivity contribution in [1.82, 2.24) is 9.96 Å². The van der Waals surface area contributed by atoms with Crippen molar-refractivity contribution in [2.45, 2.75) is 109 Å². The van der Waals surface area contributed by atoms with E-state index in [-0.39, 0.29) is 0 Å². The van der Waals surface area contributed by atoms with Crippen molar-refractivity contribution < 1.29 is 0 Å². The molecule has 0 atom stereocenters. The van der Waals surface area contributed by atoms with Crippen molar-refractivity contribution >= 4 is 16.5 Å². The molecular weight excluding hydrogens is 312 g/mol. The second kappa shape index (κ2) is 8.16. The van der Waals surface area contributed by atoms with Gasteiger partial charge in [-0.25, -0.2) is 0 Å². The highest BCUT2D eigenvalue weighted by molar-refractivity contribution is 6.74. The molecule has 2 fully saturated rings. The molecule has 0 aromatic rings. The Bertz CT molecular complexity index is 309. The first kappa shape index (κ1) is 19.7. The maximum absolute atomic E-state index is 3.94. The quantitative estimate of drug-likeness (QED) is 0.629. The van der Waals surface area contributed by atoms with Gasteiger partial charge in [0.05, 0.1) is 0 Å². The molecule has 136 valence electrons. The summed E-state index contributed by atoms with van der Waals surface area (Å²) in [5, 5.41) is 0. The molecule has 2 saturated carbocycles. The van der Waals surface area contributed by atoms with E-state index in [0.29, 0.717) is 0 Å². The van der Waals surface area contributed by atoms with Gasteiger partial charge in [0.1, 0.15) is 16.5 Å². The lowest BCUT2D eigenvalue weighted by molar-refractivity contribution is 0.217. The Morgan fingerprint density at radius 3 is 1.13 bits per heavy atom. The summed E-state index contributed by atoms with van der Waals surface area (Å²) in [6, 6.07) is 1.66. The summed E-state index contributed by atoms with van der Waals surface area (Å²) in [7, 11) is -2.18. The fourth-order valence-electron chi connectivity index (χ4n) is 4.78. The summed E-state index contributed by atoms with van der Waals surface area (Å²) in [6.45, 7) is 14.6. The van der Waals surface area contributed by atoms with Crippen molar-refractivity contribution in [2.24, 2.45) is 11.8 Å². The summed E-state index contributed by atoms with van der Waals surface area (Å²) in [6.07, 6.45) is 13.2. The summed E-state index contributed by atoms with van der Waals surface area (Å²) in [4.78, 5) is 7.89. The molecule has 0 amide bonds. The molecule has 2 aliphatic carbocycles. The Kier molecular flexibility index (Phi) is 6.98. The largest absolute Gasteiger partial charge is 0.335 e. The molecular formula is C19H42N2Si2. The Balaban J connectivity index is 1.64. The minimum Gasteiger partial charge on any atom is -0.335 e. The van der Waals surface area contributed by atoms with Gasteiger partial charge in [0, 0.05) is 12.1 Å². The molecule has 0 heterocycles. The molecule has 0 aliphatic heterocycles. The first-order valence-corrected chi connectivity index (χ1v) is 17.2. The molecule has 0 saturated heterocycles. The lowest BCUT2D eigenvalue weighted by Crippen LogP contribution is -2.49. The monoisotopic (exact) mass is 354 g/mol. The van der Waals surface area contributed by atoms with E-state index >= 15 is 0 Å². The van der Waals surface area contributed by atoms with Crippen molar-refractivity contribution in [3.05, 3.63) is 0 Å². The van der Waals surface area contributed by atoms with Gasteiger partial charge in [0.25, 0.3) is 0 Å². The molecule has 0 spiro atoms. The van der Waals surface area contributed by atoms with Crippen molar-refractivity contribution in [3.63, 3.8) is 0 Å². The first-order valence-electron chi connectivity index (χ1n) is 10.2. The van der Waals surface area contributed by atoms with Gasteiger partial charge < -0.3 is 9.96 Å². The fourth-order valence-corrected chi connectivity index (χ4v) is 7.81. The maximum atomic E-state index is 3.94. The van der Waals surface area contributed by atoms with Crippen LogP contribution in [0.25, 0.3) is 0 Å². The third-order valence-electron chi connectivity index (χ3n) is 5.63. The lowest BCUT2D eigenvalue weighted by atomic mass is 9.76. The zero-order valence-electron chi connectivity index (χ0n) is 16.7. The van der Waals surface area contributed by atoms with Crippen LogP contribution >= 0.6 is 0 Å². The predicted molar refractivity (Wildman–Crippen MR) is 109 cm³/mol. The fraction of sp³-hybridized carbons (Fsp3) is 1.00. The van der Waals surface area contributed by atoms with E-state index in [2.05, 4.69) is 49.2 Å². The van der Waals surface area contributed by atoms with Crippen LogP contribution in [0.15, 0.2) is 0 Å². The molecule has 0 aromatic carbocycles. The predicted octanol–water partition coefficient (Wildman–Crippen LogP) is 5.34. The van der Waals surface area contributed by atoms with E-state index in [0.717, 1.165) is 23.9 Å². The molecule has 2 aliphatic rings. The first-order chi connectivity index (χ1) is 10.6. The summed E-state index contributed by atoms with van der Waals surface area (Å²) >= 11 is 0. The van der Waals surface area contributed by atoms with Crippen molar-refractivity contribution in [2.75, 3.05) is 0 Å². The average Bonchev–Trinajstić information content (AvgIpc) is 2.40. The standard InChI is InChI=1S/C19H42N2Si2/c1-22(2,3)20-18-11-7-16(8-12-18)15-17-9-13-19(14-10-17)21-23(4,5)6/h16-21H,7-15H2,1-6H3. The topological polar surface area (TPSA) is 24.1 Å². The van der Waals surface area contributed by atoms with Crippen LogP contribution < -0.4 is 9.96 Å². The van der Waals surface area contributed by atoms with Gasteiger partial charge in [-0.05, 0) is 69.6 Å². The van der Waals surface area contributed by atoms with Gasteiger partial charge in [-0.15, -0.1) is 0 Å². The van der Waals surface area contributed by atoms with Crippen LogP contribution in [0, 0.1) is 11.8 Å². The van der Waals surface area contributed by atoms with Crippen LogP contribution in [-0.2, 0) is 0 Å². The van der Waals surface area contributed by atoms with E-state index in [1.807, 2.05) is 0 Å². The Morgan fingerprint density at radius 1 is 0.565 bits per heavy atom. The second-order valence-electron chi connectivity index (χ2n) is 10.5. The molecule has 4 heteroatoms. The SMILES string of the molecule is C[Si](C)(C)NC1CCC(CC2CCC(N[Si](C)(C)C)CC2)CC1. The third-order valence-corrected chi connectivity index (χ3v) is 8.18. The van der Waals surface area contributed by atoms with Crippen molar-refractivity contribution in [3.8, 4) is 0 Å². The van der Waals surface area contributed by atoms with E-state index in [9.17, 15) is 0 Å². The second-order valence-corrected chi connectivity index (χ2v) is 20.0. The number of rotatable bonds is 6. The molecule has 0 radical (unpaired) electrons. The molecule has 23 heavy (non-hydrogen) atoms. The molecule has 2 nitrogen and oxygen atoms in total. The Hall–Kier alpha value is 0.354. The highest BCUT2D eigenvalue weighted by Gasteiger charge is 2.29. The number of nitrogens with one attached hydrogen (secondary N) is 2. The van der Waals surface area contributed by atoms with Gasteiger partial charge in [-0.1, -0.05) is 39.3 Å². The average molecular weight is 355 g/mol. The number of hydrogen-bond donors (Lipinski definition) is 2. The van der Waals surface area contributed by atoms with E-state index in [4.69, 9.17) is 0 Å². The van der Waals surface area contributed by atoms with Crippen LogP contribution in [0.3, 0.4) is 0 Å². The van der Waals surface area contributed by atoms with Gasteiger partial charge in [0.2, 0.25) is 0 Å². The number of hydrogen-bond acceptors (Lipinski definition) is 2. The maximum Gasteiger partial charge on any atom is 0.116 e. The summed E-state index contributed by atoms with van der Waals surface area (Å²) in [5.74, 6) is 2.06. The zero-order valence-corrected chi connectivity index (χ0v) is 18.7. The van der Waals surface area contributed by atoms with Gasteiger partial charge in [-0.3, -0.25) is 0 Å². The normalized spacial score (nSPS) is 33.7. The van der Waals surface area contributed by atoms with E-state index < -0.39 is 16.5 Å². The molecule has 2 N–H and O–H groups in total. The smallest absolute Gasteiger partial charge is 0.116 e. The highest BCUT2D eigenvalue weighted by Crippen LogP contribution is 2.35. The van der Waals surface area contributed by atoms with Crippen molar-refractivity contribution in [1.29, 1.82) is 0 Å². The molecule has 0 bridgehead atoms. The van der Waals surface area contributed by atoms with Crippen LogP contribution in [0.5, 0.6) is 0 Å². The van der Waals surface area contributed by atoms with E-state index in [1.54, 1.807) is 0 Å². The van der Waals surface area contributed by atoms with Gasteiger partial charge in [-0.2, -0.15) is 0 Å². The van der Waals surface area contributed by atoms with Crippen LogP contribution in [-0.4, -0.2) is 28.6 Å². The lowest BCUT2D eigenvalue weighted by Gasteiger charge is -2.37. The van der Waals surface area contributed by atoms with E-state index in [1.165, 1.54) is 57.8 Å². The van der Waals surface area contributed by atoms with Gasteiger partial charge in [0.15, 0.2) is 0 Å². The highest BCUT2D eigenvalue weighted by atomic mass is 28.3. The van der Waals surface area contributed by atoms with Crippen LogP contribution in [0.2, 0.25) is 39.3 Å².